The van der Waals surface area contributed by atoms with E-state index in [0.29, 0.717) is 5.56 Å². The second-order valence-corrected chi connectivity index (χ2v) is 3.34. The third-order valence-electron chi connectivity index (χ3n) is 2.22. The molecule has 0 atom stereocenters. The minimum atomic E-state index is -1.33. The lowest BCUT2D eigenvalue weighted by molar-refractivity contribution is 0.0690. The number of carboxylic acids is 1. The number of carbonyl (C=O) groups is 1. The van der Waals surface area contributed by atoms with Crippen molar-refractivity contribution in [1.82, 2.24) is 4.98 Å². The molecule has 17 heavy (non-hydrogen) atoms. The summed E-state index contributed by atoms with van der Waals surface area (Å²) in [4.78, 5) is 14.2. The predicted octanol–water partition coefficient (Wildman–Crippen LogP) is 2.73. The minimum absolute atomic E-state index is 0.249. The molecule has 0 amide bonds. The Balaban J connectivity index is 2.58. The molecular weight excluding hydrogens is 228 g/mol. The number of pyridine rings is 1. The highest BCUT2D eigenvalue weighted by atomic mass is 19.1. The Morgan fingerprint density at radius 3 is 2.29 bits per heavy atom. The Morgan fingerprint density at radius 1 is 1.06 bits per heavy atom. The number of aromatic nitrogens is 1. The van der Waals surface area contributed by atoms with Crippen LogP contribution < -0.4 is 0 Å². The number of rotatable bonds is 2. The second kappa shape index (κ2) is 4.29. The van der Waals surface area contributed by atoms with Crippen LogP contribution in [0.1, 0.15) is 10.5 Å². The first-order valence-electron chi connectivity index (χ1n) is 4.73. The van der Waals surface area contributed by atoms with E-state index in [1.807, 2.05) is 0 Å². The van der Waals surface area contributed by atoms with Gasteiger partial charge < -0.3 is 5.11 Å². The fourth-order valence-corrected chi connectivity index (χ4v) is 1.46. The maximum absolute atomic E-state index is 12.9. The van der Waals surface area contributed by atoms with E-state index in [2.05, 4.69) is 4.98 Å². The molecule has 5 heteroatoms. The highest BCUT2D eigenvalue weighted by Gasteiger charge is 2.14. The van der Waals surface area contributed by atoms with Crippen LogP contribution in [-0.4, -0.2) is 16.1 Å². The van der Waals surface area contributed by atoms with Gasteiger partial charge in [0, 0.05) is 5.56 Å². The molecule has 0 fully saturated rings. The van der Waals surface area contributed by atoms with Crippen molar-refractivity contribution in [2.75, 3.05) is 0 Å². The van der Waals surface area contributed by atoms with Crippen molar-refractivity contribution in [2.45, 2.75) is 0 Å². The van der Waals surface area contributed by atoms with E-state index in [-0.39, 0.29) is 5.56 Å². The minimum Gasteiger partial charge on any atom is -0.476 e. The molecule has 0 unspecified atom stereocenters. The molecule has 0 aliphatic rings. The molecule has 1 aromatic heterocycles. The zero-order valence-corrected chi connectivity index (χ0v) is 8.52. The maximum Gasteiger partial charge on any atom is 0.355 e. The van der Waals surface area contributed by atoms with Crippen molar-refractivity contribution in [3.8, 4) is 11.1 Å². The van der Waals surface area contributed by atoms with Gasteiger partial charge in [0.2, 0.25) is 5.95 Å². The summed E-state index contributed by atoms with van der Waals surface area (Å²) in [7, 11) is 0. The smallest absolute Gasteiger partial charge is 0.355 e. The Hall–Kier alpha value is -2.30. The third kappa shape index (κ3) is 2.28. The normalized spacial score (nSPS) is 10.2. The van der Waals surface area contributed by atoms with Crippen molar-refractivity contribution in [3.05, 3.63) is 53.9 Å². The standard InChI is InChI=1S/C12H7F2NO2/c13-8-3-1-7(2-4-8)9-5-6-10(14)15-11(9)12(16)17/h1-6H,(H,16,17). The van der Waals surface area contributed by atoms with E-state index >= 15 is 0 Å². The van der Waals surface area contributed by atoms with Crippen molar-refractivity contribution in [3.63, 3.8) is 0 Å². The van der Waals surface area contributed by atoms with Gasteiger partial charge in [-0.2, -0.15) is 4.39 Å². The summed E-state index contributed by atoms with van der Waals surface area (Å²) in [6.45, 7) is 0. The molecule has 1 heterocycles. The predicted molar refractivity (Wildman–Crippen MR) is 56.5 cm³/mol. The van der Waals surface area contributed by atoms with Crippen LogP contribution >= 0.6 is 0 Å². The molecule has 0 saturated carbocycles. The average Bonchev–Trinajstić information content (AvgIpc) is 2.30. The molecule has 0 spiro atoms. The van der Waals surface area contributed by atoms with E-state index in [0.717, 1.165) is 6.07 Å². The van der Waals surface area contributed by atoms with Gasteiger partial charge in [0.1, 0.15) is 5.82 Å². The van der Waals surface area contributed by atoms with Crippen molar-refractivity contribution in [1.29, 1.82) is 0 Å². The fraction of sp³-hybridized carbons (Fsp3) is 0. The number of benzene rings is 1. The molecule has 0 saturated heterocycles. The van der Waals surface area contributed by atoms with Gasteiger partial charge in [0.15, 0.2) is 5.69 Å². The summed E-state index contributed by atoms with van der Waals surface area (Å²) in [6.07, 6.45) is 0. The molecule has 0 aliphatic carbocycles. The first kappa shape index (κ1) is 11.2. The van der Waals surface area contributed by atoms with Crippen LogP contribution in [0.15, 0.2) is 36.4 Å². The summed E-state index contributed by atoms with van der Waals surface area (Å²) >= 11 is 0. The van der Waals surface area contributed by atoms with Gasteiger partial charge >= 0.3 is 5.97 Å². The number of carboxylic acid groups (broad SMARTS) is 1. The van der Waals surface area contributed by atoms with E-state index in [9.17, 15) is 13.6 Å². The lowest BCUT2D eigenvalue weighted by Gasteiger charge is -2.05. The lowest BCUT2D eigenvalue weighted by atomic mass is 10.0. The third-order valence-corrected chi connectivity index (χ3v) is 2.22. The van der Waals surface area contributed by atoms with Crippen LogP contribution in [0.25, 0.3) is 11.1 Å². The van der Waals surface area contributed by atoms with Crippen molar-refractivity contribution >= 4 is 5.97 Å². The second-order valence-electron chi connectivity index (χ2n) is 3.34. The van der Waals surface area contributed by atoms with Gasteiger partial charge in [-0.05, 0) is 29.8 Å². The summed E-state index contributed by atoms with van der Waals surface area (Å²) in [6, 6.07) is 7.59. The first-order valence-corrected chi connectivity index (χ1v) is 4.73. The Bertz CT molecular complexity index is 567. The van der Waals surface area contributed by atoms with Crippen LogP contribution in [0, 0.1) is 11.8 Å². The number of aromatic carboxylic acids is 1. The van der Waals surface area contributed by atoms with Crippen LogP contribution in [0.3, 0.4) is 0 Å². The molecule has 0 radical (unpaired) electrons. The average molecular weight is 235 g/mol. The molecule has 1 N–H and O–H groups in total. The SMILES string of the molecule is O=C(O)c1nc(F)ccc1-c1ccc(F)cc1. The summed E-state index contributed by atoms with van der Waals surface area (Å²) < 4.78 is 25.6. The zero-order valence-electron chi connectivity index (χ0n) is 8.52. The summed E-state index contributed by atoms with van der Waals surface area (Å²) in [5.41, 5.74) is 0.326. The number of hydrogen-bond acceptors (Lipinski definition) is 2. The topological polar surface area (TPSA) is 50.2 Å². The van der Waals surface area contributed by atoms with Crippen LogP contribution in [0.4, 0.5) is 8.78 Å². The number of halogens is 2. The molecule has 2 aromatic rings. The molecule has 0 aliphatic heterocycles. The Morgan fingerprint density at radius 2 is 1.71 bits per heavy atom. The fourth-order valence-electron chi connectivity index (χ4n) is 1.46. The molecular formula is C12H7F2NO2. The van der Waals surface area contributed by atoms with Crippen molar-refractivity contribution in [2.24, 2.45) is 0 Å². The molecule has 86 valence electrons. The van der Waals surface area contributed by atoms with E-state index in [1.165, 1.54) is 30.3 Å². The lowest BCUT2D eigenvalue weighted by Crippen LogP contribution is -2.04. The van der Waals surface area contributed by atoms with E-state index in [4.69, 9.17) is 5.11 Å². The molecule has 1 aromatic carbocycles. The van der Waals surface area contributed by atoms with E-state index in [1.54, 1.807) is 0 Å². The van der Waals surface area contributed by atoms with Crippen LogP contribution in [-0.2, 0) is 0 Å². The van der Waals surface area contributed by atoms with Gasteiger partial charge in [-0.25, -0.2) is 14.2 Å². The van der Waals surface area contributed by atoms with E-state index < -0.39 is 23.4 Å². The first-order chi connectivity index (χ1) is 8.08. The van der Waals surface area contributed by atoms with Gasteiger partial charge in [-0.3, -0.25) is 0 Å². The van der Waals surface area contributed by atoms with Crippen molar-refractivity contribution < 1.29 is 18.7 Å². The summed E-state index contributed by atoms with van der Waals surface area (Å²) in [5.74, 6) is -2.63. The quantitative estimate of drug-likeness (QED) is 0.814. The Kier molecular flexibility index (Phi) is 2.82. The summed E-state index contributed by atoms with van der Waals surface area (Å²) in [5, 5.41) is 8.90. The molecule has 0 bridgehead atoms. The molecule has 3 nitrogen and oxygen atoms in total. The van der Waals surface area contributed by atoms with Gasteiger partial charge in [0.25, 0.3) is 0 Å². The van der Waals surface area contributed by atoms with Crippen LogP contribution in [0.5, 0.6) is 0 Å². The van der Waals surface area contributed by atoms with Gasteiger partial charge in [-0.1, -0.05) is 12.1 Å². The van der Waals surface area contributed by atoms with Gasteiger partial charge in [0.05, 0.1) is 0 Å². The highest BCUT2D eigenvalue weighted by molar-refractivity contribution is 5.93. The monoisotopic (exact) mass is 235 g/mol. The number of nitrogens with zero attached hydrogens (tertiary/aromatic N) is 1. The largest absolute Gasteiger partial charge is 0.476 e. The highest BCUT2D eigenvalue weighted by Crippen LogP contribution is 2.23. The zero-order chi connectivity index (χ0) is 12.4. The van der Waals surface area contributed by atoms with Crippen LogP contribution in [0.2, 0.25) is 0 Å². The van der Waals surface area contributed by atoms with Gasteiger partial charge in [-0.15, -0.1) is 0 Å². The number of hydrogen-bond donors (Lipinski definition) is 1. The molecule has 2 rings (SSSR count). The maximum atomic E-state index is 12.9. The Labute approximate surface area is 95.4 Å².